The predicted molar refractivity (Wildman–Crippen MR) is 77.1 cm³/mol. The van der Waals surface area contributed by atoms with E-state index in [0.29, 0.717) is 6.04 Å². The number of nitrogen functional groups attached to an aromatic ring is 1. The fourth-order valence-electron chi connectivity index (χ4n) is 3.45. The van der Waals surface area contributed by atoms with Crippen molar-refractivity contribution in [1.29, 1.82) is 0 Å². The Kier molecular flexibility index (Phi) is 2.36. The van der Waals surface area contributed by atoms with Crippen molar-refractivity contribution in [1.82, 2.24) is 14.5 Å². The fraction of sp³-hybridized carbons (Fsp3) is 0.533. The Hall–Kier alpha value is -1.55. The Balaban J connectivity index is 1.72. The largest absolute Gasteiger partial charge is 0.399 e. The quantitative estimate of drug-likeness (QED) is 0.839. The lowest BCUT2D eigenvalue weighted by Crippen LogP contribution is -2.23. The van der Waals surface area contributed by atoms with Crippen LogP contribution in [0.2, 0.25) is 0 Å². The Morgan fingerprint density at radius 2 is 2.05 bits per heavy atom. The highest BCUT2D eigenvalue weighted by Gasteiger charge is 2.35. The highest BCUT2D eigenvalue weighted by molar-refractivity contribution is 5.79. The molecule has 0 amide bonds. The van der Waals surface area contributed by atoms with Crippen molar-refractivity contribution in [2.24, 2.45) is 0 Å². The van der Waals surface area contributed by atoms with Gasteiger partial charge in [-0.05, 0) is 44.4 Å². The van der Waals surface area contributed by atoms with E-state index in [9.17, 15) is 0 Å². The number of rotatable bonds is 2. The Labute approximate surface area is 113 Å². The van der Waals surface area contributed by atoms with Gasteiger partial charge >= 0.3 is 0 Å². The molecule has 2 aliphatic rings. The zero-order chi connectivity index (χ0) is 13.0. The van der Waals surface area contributed by atoms with E-state index in [1.165, 1.54) is 37.9 Å². The van der Waals surface area contributed by atoms with Crippen LogP contribution in [0.15, 0.2) is 18.2 Å². The Morgan fingerprint density at radius 3 is 2.84 bits per heavy atom. The second kappa shape index (κ2) is 3.97. The molecular weight excluding hydrogens is 236 g/mol. The van der Waals surface area contributed by atoms with Gasteiger partial charge in [0.05, 0.1) is 11.0 Å². The molecule has 0 radical (unpaired) electrons. The third-order valence-corrected chi connectivity index (χ3v) is 4.51. The van der Waals surface area contributed by atoms with Crippen LogP contribution in [-0.2, 0) is 0 Å². The molecule has 1 saturated carbocycles. The predicted octanol–water partition coefficient (Wildman–Crippen LogP) is 2.34. The fourth-order valence-corrected chi connectivity index (χ4v) is 3.45. The molecule has 1 atom stereocenters. The first kappa shape index (κ1) is 11.3. The Morgan fingerprint density at radius 1 is 1.21 bits per heavy atom. The molecule has 1 saturated heterocycles. The van der Waals surface area contributed by atoms with Crippen molar-refractivity contribution < 1.29 is 0 Å². The zero-order valence-electron chi connectivity index (χ0n) is 11.3. The summed E-state index contributed by atoms with van der Waals surface area (Å²) in [7, 11) is 0. The van der Waals surface area contributed by atoms with Crippen LogP contribution in [0, 0.1) is 6.92 Å². The molecule has 2 fully saturated rings. The summed E-state index contributed by atoms with van der Waals surface area (Å²) in [6.45, 7) is 4.53. The average molecular weight is 256 g/mol. The molecule has 4 nitrogen and oxygen atoms in total. The van der Waals surface area contributed by atoms with Crippen molar-refractivity contribution in [2.45, 2.75) is 38.3 Å². The van der Waals surface area contributed by atoms with Gasteiger partial charge in [0.15, 0.2) is 0 Å². The minimum atomic E-state index is 0.578. The molecule has 0 spiro atoms. The molecule has 1 unspecified atom stereocenters. The van der Waals surface area contributed by atoms with Gasteiger partial charge in [0.1, 0.15) is 5.82 Å². The van der Waals surface area contributed by atoms with Gasteiger partial charge in [-0.1, -0.05) is 0 Å². The molecule has 1 aromatic heterocycles. The van der Waals surface area contributed by atoms with Crippen LogP contribution in [0.1, 0.15) is 31.1 Å². The van der Waals surface area contributed by atoms with Crippen molar-refractivity contribution in [2.75, 3.05) is 18.8 Å². The number of hydrogen-bond acceptors (Lipinski definition) is 3. The first-order chi connectivity index (χ1) is 9.22. The van der Waals surface area contributed by atoms with E-state index >= 15 is 0 Å². The van der Waals surface area contributed by atoms with Gasteiger partial charge in [-0.3, -0.25) is 4.90 Å². The topological polar surface area (TPSA) is 47.1 Å². The van der Waals surface area contributed by atoms with E-state index in [1.807, 2.05) is 12.1 Å². The van der Waals surface area contributed by atoms with E-state index < -0.39 is 0 Å². The SMILES string of the molecule is Cc1nc2cc(N)ccc2n1C1CCN(C2CC2)C1. The molecule has 19 heavy (non-hydrogen) atoms. The van der Waals surface area contributed by atoms with E-state index in [4.69, 9.17) is 5.73 Å². The maximum absolute atomic E-state index is 5.85. The second-order valence-corrected chi connectivity index (χ2v) is 5.95. The first-order valence-electron chi connectivity index (χ1n) is 7.20. The van der Waals surface area contributed by atoms with Crippen molar-refractivity contribution in [3.05, 3.63) is 24.0 Å². The number of anilines is 1. The molecule has 100 valence electrons. The minimum absolute atomic E-state index is 0.578. The highest BCUT2D eigenvalue weighted by atomic mass is 15.3. The van der Waals surface area contributed by atoms with Gasteiger partial charge in [-0.15, -0.1) is 0 Å². The lowest BCUT2D eigenvalue weighted by atomic mass is 10.2. The molecule has 1 aliphatic carbocycles. The van der Waals surface area contributed by atoms with Gasteiger partial charge in [0.2, 0.25) is 0 Å². The number of hydrogen-bond donors (Lipinski definition) is 1. The van der Waals surface area contributed by atoms with Crippen LogP contribution in [0.25, 0.3) is 11.0 Å². The number of imidazole rings is 1. The maximum Gasteiger partial charge on any atom is 0.107 e. The van der Waals surface area contributed by atoms with Crippen LogP contribution in [0.5, 0.6) is 0 Å². The van der Waals surface area contributed by atoms with Gasteiger partial charge in [-0.2, -0.15) is 0 Å². The second-order valence-electron chi connectivity index (χ2n) is 5.95. The summed E-state index contributed by atoms with van der Waals surface area (Å²) < 4.78 is 2.41. The lowest BCUT2D eigenvalue weighted by molar-refractivity contribution is 0.314. The number of likely N-dealkylation sites (tertiary alicyclic amines) is 1. The van der Waals surface area contributed by atoms with E-state index in [2.05, 4.69) is 27.4 Å². The number of benzene rings is 1. The van der Waals surface area contributed by atoms with Crippen LogP contribution in [0.4, 0.5) is 5.69 Å². The molecule has 2 N–H and O–H groups in total. The van der Waals surface area contributed by atoms with Gasteiger partial charge in [0, 0.05) is 30.9 Å². The molecule has 4 rings (SSSR count). The summed E-state index contributed by atoms with van der Waals surface area (Å²) >= 11 is 0. The normalized spacial score (nSPS) is 24.4. The van der Waals surface area contributed by atoms with Gasteiger partial charge < -0.3 is 10.3 Å². The molecule has 2 aromatic rings. The smallest absolute Gasteiger partial charge is 0.107 e. The summed E-state index contributed by atoms with van der Waals surface area (Å²) in [5, 5.41) is 0. The average Bonchev–Trinajstić information content (AvgIpc) is 3.02. The number of aromatic nitrogens is 2. The third-order valence-electron chi connectivity index (χ3n) is 4.51. The zero-order valence-corrected chi connectivity index (χ0v) is 11.3. The third kappa shape index (κ3) is 1.82. The summed E-state index contributed by atoms with van der Waals surface area (Å²) in [5.74, 6) is 1.11. The molecule has 0 bridgehead atoms. The summed E-state index contributed by atoms with van der Waals surface area (Å²) in [5.41, 5.74) is 8.90. The molecule has 1 aromatic carbocycles. The van der Waals surface area contributed by atoms with Gasteiger partial charge in [-0.25, -0.2) is 4.98 Å². The number of fused-ring (bicyclic) bond motifs is 1. The monoisotopic (exact) mass is 256 g/mol. The first-order valence-corrected chi connectivity index (χ1v) is 7.20. The molecular formula is C15H20N4. The standard InChI is InChI=1S/C15H20N4/c1-10-17-14-8-11(16)2-5-15(14)19(10)13-6-7-18(9-13)12-3-4-12/h2,5,8,12-13H,3-4,6-7,9,16H2,1H3. The van der Waals surface area contributed by atoms with Crippen LogP contribution in [-0.4, -0.2) is 33.6 Å². The highest BCUT2D eigenvalue weighted by Crippen LogP contribution is 2.35. The minimum Gasteiger partial charge on any atom is -0.399 e. The van der Waals surface area contributed by atoms with Crippen molar-refractivity contribution in [3.8, 4) is 0 Å². The van der Waals surface area contributed by atoms with Crippen molar-refractivity contribution >= 4 is 16.7 Å². The molecule has 2 heterocycles. The molecule has 1 aliphatic heterocycles. The summed E-state index contributed by atoms with van der Waals surface area (Å²) in [6.07, 6.45) is 4.03. The summed E-state index contributed by atoms with van der Waals surface area (Å²) in [6, 6.07) is 7.52. The maximum atomic E-state index is 5.85. The van der Waals surface area contributed by atoms with Crippen LogP contribution in [0.3, 0.4) is 0 Å². The van der Waals surface area contributed by atoms with Crippen LogP contribution >= 0.6 is 0 Å². The molecule has 4 heteroatoms. The lowest BCUT2D eigenvalue weighted by Gasteiger charge is -2.17. The van der Waals surface area contributed by atoms with E-state index in [0.717, 1.165) is 23.1 Å². The summed E-state index contributed by atoms with van der Waals surface area (Å²) in [4.78, 5) is 7.31. The Bertz CT molecular complexity index is 626. The number of nitrogens with zero attached hydrogens (tertiary/aromatic N) is 3. The number of nitrogens with two attached hydrogens (primary N) is 1. The van der Waals surface area contributed by atoms with Gasteiger partial charge in [0.25, 0.3) is 0 Å². The number of aryl methyl sites for hydroxylation is 1. The van der Waals surface area contributed by atoms with Crippen molar-refractivity contribution in [3.63, 3.8) is 0 Å². The van der Waals surface area contributed by atoms with E-state index in [-0.39, 0.29) is 0 Å². The van der Waals surface area contributed by atoms with Crippen LogP contribution < -0.4 is 5.73 Å². The van der Waals surface area contributed by atoms with E-state index in [1.54, 1.807) is 0 Å².